The first-order chi connectivity index (χ1) is 9.17. The Morgan fingerprint density at radius 3 is 2.10 bits per heavy atom. The third-order valence-corrected chi connectivity index (χ3v) is 2.47. The van der Waals surface area contributed by atoms with Gasteiger partial charge < -0.3 is 9.47 Å². The van der Waals surface area contributed by atoms with Crippen molar-refractivity contribution in [3.05, 3.63) is 24.3 Å². The number of hydrogen-bond donors (Lipinski definition) is 0. The minimum atomic E-state index is -4.45. The molecule has 0 amide bonds. The van der Waals surface area contributed by atoms with E-state index >= 15 is 0 Å². The molecule has 0 radical (unpaired) electrons. The molecule has 0 aromatic heterocycles. The maximum Gasteiger partial charge on any atom is 0.422 e. The molecule has 0 aliphatic rings. The molecule has 0 saturated heterocycles. The van der Waals surface area contributed by atoms with Crippen LogP contribution in [0, 0.1) is 0 Å². The zero-order valence-electron chi connectivity index (χ0n) is 10.5. The Kier molecular flexibility index (Phi) is 5.63. The predicted molar refractivity (Wildman–Crippen MR) is 64.3 cm³/mol. The number of ether oxygens (including phenoxy) is 2. The summed E-state index contributed by atoms with van der Waals surface area (Å²) in [6, 6.07) is 5.77. The van der Waals surface area contributed by atoms with Crippen molar-refractivity contribution in [3.8, 4) is 11.5 Å². The van der Waals surface area contributed by atoms with Gasteiger partial charge in [-0.15, -0.1) is 0 Å². The number of benzene rings is 1. The van der Waals surface area contributed by atoms with Crippen LogP contribution in [0.5, 0.6) is 11.5 Å². The van der Waals surface area contributed by atoms with Gasteiger partial charge in [-0.25, -0.2) is 0 Å². The lowest BCUT2D eigenvalue weighted by molar-refractivity contribution is -0.153. The molecule has 0 bridgehead atoms. The van der Waals surface area contributed by atoms with Crippen molar-refractivity contribution in [2.24, 2.45) is 0 Å². The Morgan fingerprint density at radius 1 is 1.05 bits per heavy atom. The Labute approximate surface area is 114 Å². The number of halogens is 3. The lowest BCUT2D eigenvalue weighted by Gasteiger charge is -2.13. The molecule has 9 heteroatoms. The molecule has 1 rings (SSSR count). The van der Waals surface area contributed by atoms with E-state index in [9.17, 15) is 21.6 Å². The predicted octanol–water partition coefficient (Wildman–Crippen LogP) is 1.98. The van der Waals surface area contributed by atoms with Gasteiger partial charge in [0.2, 0.25) is 0 Å². The van der Waals surface area contributed by atoms with Gasteiger partial charge in [0.25, 0.3) is 10.1 Å². The molecule has 0 aliphatic carbocycles. The fraction of sp³-hybridized carbons (Fsp3) is 0.455. The van der Waals surface area contributed by atoms with Crippen molar-refractivity contribution < 1.29 is 35.2 Å². The van der Waals surface area contributed by atoms with Crippen LogP contribution in [0.15, 0.2) is 24.3 Å². The van der Waals surface area contributed by atoms with E-state index < -0.39 is 22.9 Å². The summed E-state index contributed by atoms with van der Waals surface area (Å²) < 4.78 is 71.7. The lowest BCUT2D eigenvalue weighted by atomic mass is 10.3. The van der Waals surface area contributed by atoms with Crippen molar-refractivity contribution in [2.45, 2.75) is 6.18 Å². The smallest absolute Gasteiger partial charge is 0.422 e. The van der Waals surface area contributed by atoms with Gasteiger partial charge in [-0.2, -0.15) is 21.6 Å². The van der Waals surface area contributed by atoms with Gasteiger partial charge in [0.1, 0.15) is 13.2 Å². The zero-order valence-corrected chi connectivity index (χ0v) is 11.3. The second kappa shape index (κ2) is 6.80. The van der Waals surface area contributed by atoms with Crippen molar-refractivity contribution in [3.63, 3.8) is 0 Å². The van der Waals surface area contributed by atoms with Crippen LogP contribution in [0.1, 0.15) is 0 Å². The molecule has 20 heavy (non-hydrogen) atoms. The molecule has 0 atom stereocenters. The summed E-state index contributed by atoms with van der Waals surface area (Å²) in [5, 5.41) is 0. The molecule has 0 saturated carbocycles. The third kappa shape index (κ3) is 7.19. The first kappa shape index (κ1) is 16.6. The number of alkyl halides is 3. The van der Waals surface area contributed by atoms with Crippen LogP contribution in [-0.2, 0) is 14.3 Å². The van der Waals surface area contributed by atoms with Crippen molar-refractivity contribution >= 4 is 10.1 Å². The summed E-state index contributed by atoms with van der Waals surface area (Å²) in [5.74, 6) is -0.00182. The number of rotatable bonds is 7. The normalized spacial score (nSPS) is 12.2. The van der Waals surface area contributed by atoms with Gasteiger partial charge in [0.05, 0.1) is 6.26 Å². The minimum absolute atomic E-state index is 0.0776. The Balaban J connectivity index is 2.53. The molecule has 1 aromatic carbocycles. The molecule has 0 N–H and O–H groups in total. The van der Waals surface area contributed by atoms with Crippen molar-refractivity contribution in [1.82, 2.24) is 0 Å². The fourth-order valence-corrected chi connectivity index (χ4v) is 1.56. The van der Waals surface area contributed by atoms with Gasteiger partial charge in [-0.05, 0) is 12.1 Å². The van der Waals surface area contributed by atoms with Crippen LogP contribution in [-0.4, -0.2) is 40.7 Å². The summed E-state index contributed by atoms with van der Waals surface area (Å²) >= 11 is 0. The van der Waals surface area contributed by atoms with Gasteiger partial charge in [0, 0.05) is 0 Å². The molecule has 0 fully saturated rings. The summed E-state index contributed by atoms with van der Waals surface area (Å²) in [4.78, 5) is 0. The van der Waals surface area contributed by atoms with Crippen LogP contribution >= 0.6 is 0 Å². The van der Waals surface area contributed by atoms with E-state index in [1.165, 1.54) is 18.2 Å². The summed E-state index contributed by atoms with van der Waals surface area (Å²) in [5.41, 5.74) is 0. The maximum atomic E-state index is 12.1. The first-order valence-electron chi connectivity index (χ1n) is 5.43. The zero-order chi connectivity index (χ0) is 15.2. The average molecular weight is 314 g/mol. The molecule has 0 aliphatic heterocycles. The van der Waals surface area contributed by atoms with Gasteiger partial charge >= 0.3 is 6.18 Å². The monoisotopic (exact) mass is 314 g/mol. The summed E-state index contributed by atoms with van der Waals surface area (Å²) in [6.45, 7) is -1.82. The molecular formula is C11H13F3O5S. The van der Waals surface area contributed by atoms with E-state index in [4.69, 9.17) is 4.74 Å². The molecule has 0 unspecified atom stereocenters. The second-order valence-corrected chi connectivity index (χ2v) is 5.37. The van der Waals surface area contributed by atoms with E-state index in [0.717, 1.165) is 6.26 Å². The van der Waals surface area contributed by atoms with E-state index in [1.54, 1.807) is 6.07 Å². The highest BCUT2D eigenvalue weighted by atomic mass is 32.2. The van der Waals surface area contributed by atoms with Gasteiger partial charge in [-0.3, -0.25) is 4.18 Å². The number of hydrogen-bond acceptors (Lipinski definition) is 5. The topological polar surface area (TPSA) is 61.8 Å². The quantitative estimate of drug-likeness (QED) is 0.569. The third-order valence-electron chi connectivity index (χ3n) is 1.88. The van der Waals surface area contributed by atoms with Crippen LogP contribution in [0.3, 0.4) is 0 Å². The second-order valence-electron chi connectivity index (χ2n) is 3.73. The van der Waals surface area contributed by atoms with Crippen LogP contribution in [0.4, 0.5) is 13.2 Å². The lowest BCUT2D eigenvalue weighted by Crippen LogP contribution is -2.19. The Morgan fingerprint density at radius 2 is 1.60 bits per heavy atom. The van der Waals surface area contributed by atoms with Gasteiger partial charge in [0.15, 0.2) is 18.1 Å². The summed E-state index contributed by atoms with van der Waals surface area (Å²) in [7, 11) is -3.58. The molecular weight excluding hydrogens is 301 g/mol. The molecule has 0 heterocycles. The first-order valence-corrected chi connectivity index (χ1v) is 7.25. The molecule has 114 valence electrons. The minimum Gasteiger partial charge on any atom is -0.487 e. The highest BCUT2D eigenvalue weighted by Crippen LogP contribution is 2.28. The highest BCUT2D eigenvalue weighted by molar-refractivity contribution is 7.85. The Bertz CT molecular complexity index is 527. The molecule has 0 spiro atoms. The maximum absolute atomic E-state index is 12.1. The highest BCUT2D eigenvalue weighted by Gasteiger charge is 2.28. The standard InChI is InChI=1S/C11H13F3O5S/c1-20(15,16)19-7-6-17-9-4-2-3-5-10(9)18-8-11(12,13)14/h2-5H,6-8H2,1H3. The molecule has 5 nitrogen and oxygen atoms in total. The largest absolute Gasteiger partial charge is 0.487 e. The van der Waals surface area contributed by atoms with Crippen LogP contribution < -0.4 is 9.47 Å². The van der Waals surface area contributed by atoms with Crippen LogP contribution in [0.25, 0.3) is 0 Å². The van der Waals surface area contributed by atoms with Crippen molar-refractivity contribution in [2.75, 3.05) is 26.1 Å². The van der Waals surface area contributed by atoms with Crippen molar-refractivity contribution in [1.29, 1.82) is 0 Å². The van der Waals surface area contributed by atoms with E-state index in [1.807, 2.05) is 0 Å². The SMILES string of the molecule is CS(=O)(=O)OCCOc1ccccc1OCC(F)(F)F. The van der Waals surface area contributed by atoms with E-state index in [0.29, 0.717) is 0 Å². The van der Waals surface area contributed by atoms with Gasteiger partial charge in [-0.1, -0.05) is 12.1 Å². The van der Waals surface area contributed by atoms with E-state index in [-0.39, 0.29) is 24.7 Å². The molecule has 1 aromatic rings. The average Bonchev–Trinajstić information content (AvgIpc) is 2.31. The summed E-state index contributed by atoms with van der Waals surface area (Å²) in [6.07, 6.45) is -3.57. The van der Waals surface area contributed by atoms with Crippen LogP contribution in [0.2, 0.25) is 0 Å². The number of para-hydroxylation sites is 2. The van der Waals surface area contributed by atoms with E-state index in [2.05, 4.69) is 8.92 Å². The Hall–Kier alpha value is -1.48. The fourth-order valence-electron chi connectivity index (χ4n) is 1.19.